The van der Waals surface area contributed by atoms with Gasteiger partial charge in [0.2, 0.25) is 0 Å². The Labute approximate surface area is 116 Å². The number of aliphatic hydroxyl groups is 1. The van der Waals surface area contributed by atoms with Crippen molar-refractivity contribution in [1.29, 1.82) is 0 Å². The van der Waals surface area contributed by atoms with E-state index in [9.17, 15) is 5.11 Å². The van der Waals surface area contributed by atoms with Gasteiger partial charge in [0.15, 0.2) is 0 Å². The third-order valence-electron chi connectivity index (χ3n) is 3.44. The summed E-state index contributed by atoms with van der Waals surface area (Å²) in [6.07, 6.45) is 0.549. The van der Waals surface area contributed by atoms with E-state index in [4.69, 9.17) is 9.47 Å². The molecule has 1 N–H and O–H groups in total. The van der Waals surface area contributed by atoms with Crippen molar-refractivity contribution >= 4 is 15.9 Å². The van der Waals surface area contributed by atoms with E-state index in [0.29, 0.717) is 6.61 Å². The lowest BCUT2D eigenvalue weighted by Gasteiger charge is -2.21. The van der Waals surface area contributed by atoms with Gasteiger partial charge in [-0.2, -0.15) is 0 Å². The molecule has 0 spiro atoms. The highest BCUT2D eigenvalue weighted by atomic mass is 79.9. The lowest BCUT2D eigenvalue weighted by Crippen LogP contribution is -2.19. The van der Waals surface area contributed by atoms with Crippen molar-refractivity contribution in [2.24, 2.45) is 5.92 Å². The van der Waals surface area contributed by atoms with Gasteiger partial charge >= 0.3 is 0 Å². The fraction of sp³-hybridized carbons (Fsp3) is 0.571. The number of halogens is 1. The van der Waals surface area contributed by atoms with Gasteiger partial charge in [0, 0.05) is 12.5 Å². The summed E-state index contributed by atoms with van der Waals surface area (Å²) in [5, 5.41) is 10.4. The molecule has 18 heavy (non-hydrogen) atoms. The van der Waals surface area contributed by atoms with E-state index < -0.39 is 6.10 Å². The summed E-state index contributed by atoms with van der Waals surface area (Å²) in [5.41, 5.74) is 0.910. The third kappa shape index (κ3) is 2.87. The Morgan fingerprint density at radius 1 is 1.56 bits per heavy atom. The van der Waals surface area contributed by atoms with Crippen molar-refractivity contribution in [3.63, 3.8) is 0 Å². The molecule has 1 aromatic rings. The van der Waals surface area contributed by atoms with Crippen molar-refractivity contribution in [3.8, 4) is 5.75 Å². The quantitative estimate of drug-likeness (QED) is 0.926. The summed E-state index contributed by atoms with van der Waals surface area (Å²) >= 11 is 3.47. The zero-order valence-electron chi connectivity index (χ0n) is 10.7. The van der Waals surface area contributed by atoms with E-state index in [2.05, 4.69) is 15.9 Å². The van der Waals surface area contributed by atoms with E-state index in [1.165, 1.54) is 0 Å². The molecule has 2 rings (SSSR count). The number of benzene rings is 1. The Morgan fingerprint density at radius 3 is 2.89 bits per heavy atom. The molecule has 1 aromatic carbocycles. The number of ether oxygens (including phenoxy) is 2. The molecule has 0 aliphatic carbocycles. The second kappa shape index (κ2) is 6.04. The number of rotatable bonds is 4. The topological polar surface area (TPSA) is 38.7 Å². The highest BCUT2D eigenvalue weighted by Gasteiger charge is 2.31. The molecule has 1 saturated heterocycles. The number of aliphatic hydroxyl groups excluding tert-OH is 1. The van der Waals surface area contributed by atoms with Crippen LogP contribution >= 0.6 is 15.9 Å². The smallest absolute Gasteiger partial charge is 0.133 e. The van der Waals surface area contributed by atoms with Crippen LogP contribution in [0.1, 0.15) is 31.9 Å². The lowest BCUT2D eigenvalue weighted by atomic mass is 9.91. The van der Waals surface area contributed by atoms with Gasteiger partial charge in [-0.05, 0) is 53.9 Å². The van der Waals surface area contributed by atoms with E-state index in [-0.39, 0.29) is 12.0 Å². The minimum atomic E-state index is -0.477. The fourth-order valence-corrected chi connectivity index (χ4v) is 2.89. The molecule has 0 radical (unpaired) electrons. The predicted octanol–water partition coefficient (Wildman–Crippen LogP) is 3.31. The van der Waals surface area contributed by atoms with E-state index in [0.717, 1.165) is 28.8 Å². The van der Waals surface area contributed by atoms with Crippen LogP contribution in [-0.2, 0) is 4.74 Å². The first-order valence-corrected chi connectivity index (χ1v) is 7.14. The monoisotopic (exact) mass is 314 g/mol. The molecule has 0 aromatic heterocycles. The molecule has 3 nitrogen and oxygen atoms in total. The molecule has 0 amide bonds. The first-order valence-electron chi connectivity index (χ1n) is 6.35. The molecule has 1 aliphatic heterocycles. The molecule has 3 atom stereocenters. The molecular formula is C14H19BrO3. The predicted molar refractivity (Wildman–Crippen MR) is 73.8 cm³/mol. The Morgan fingerprint density at radius 2 is 2.33 bits per heavy atom. The summed E-state index contributed by atoms with van der Waals surface area (Å²) in [4.78, 5) is 0. The summed E-state index contributed by atoms with van der Waals surface area (Å²) in [6.45, 7) is 5.34. The van der Waals surface area contributed by atoms with Gasteiger partial charge in [0.25, 0.3) is 0 Å². The van der Waals surface area contributed by atoms with Gasteiger partial charge in [-0.1, -0.05) is 6.07 Å². The highest BCUT2D eigenvalue weighted by molar-refractivity contribution is 9.10. The van der Waals surface area contributed by atoms with Crippen LogP contribution in [0, 0.1) is 5.92 Å². The Balaban J connectivity index is 2.15. The van der Waals surface area contributed by atoms with Gasteiger partial charge in [-0.25, -0.2) is 0 Å². The van der Waals surface area contributed by atoms with Gasteiger partial charge in [0.05, 0.1) is 23.3 Å². The zero-order chi connectivity index (χ0) is 13.1. The molecule has 0 bridgehead atoms. The van der Waals surface area contributed by atoms with Crippen LogP contribution < -0.4 is 4.74 Å². The van der Waals surface area contributed by atoms with E-state index >= 15 is 0 Å². The Kier molecular flexibility index (Phi) is 4.65. The summed E-state index contributed by atoms with van der Waals surface area (Å²) in [7, 11) is 0. The average Bonchev–Trinajstić information content (AvgIpc) is 2.77. The fourth-order valence-electron chi connectivity index (χ4n) is 2.38. The SMILES string of the molecule is CCOc1ccc(C(O)C2CCOC2C)cc1Br. The van der Waals surface area contributed by atoms with Crippen LogP contribution in [0.2, 0.25) is 0 Å². The Hall–Kier alpha value is -0.580. The summed E-state index contributed by atoms with van der Waals surface area (Å²) in [6, 6.07) is 5.75. The first-order chi connectivity index (χ1) is 8.63. The van der Waals surface area contributed by atoms with Crippen molar-refractivity contribution < 1.29 is 14.6 Å². The van der Waals surface area contributed by atoms with Crippen molar-refractivity contribution in [2.75, 3.05) is 13.2 Å². The second-order valence-corrected chi connectivity index (χ2v) is 5.45. The van der Waals surface area contributed by atoms with Gasteiger partial charge in [-0.3, -0.25) is 0 Å². The first kappa shape index (κ1) is 13.8. The maximum Gasteiger partial charge on any atom is 0.133 e. The molecule has 100 valence electrons. The number of hydrogen-bond donors (Lipinski definition) is 1. The van der Waals surface area contributed by atoms with Gasteiger partial charge < -0.3 is 14.6 Å². The summed E-state index contributed by atoms with van der Waals surface area (Å²) in [5.74, 6) is 0.985. The minimum Gasteiger partial charge on any atom is -0.493 e. The van der Waals surface area contributed by atoms with Crippen molar-refractivity contribution in [3.05, 3.63) is 28.2 Å². The lowest BCUT2D eigenvalue weighted by molar-refractivity contribution is 0.0431. The highest BCUT2D eigenvalue weighted by Crippen LogP contribution is 2.36. The molecule has 4 heteroatoms. The van der Waals surface area contributed by atoms with Crippen LogP contribution in [0.25, 0.3) is 0 Å². The van der Waals surface area contributed by atoms with Crippen LogP contribution in [0.5, 0.6) is 5.75 Å². The largest absolute Gasteiger partial charge is 0.493 e. The van der Waals surface area contributed by atoms with E-state index in [1.807, 2.05) is 32.0 Å². The maximum absolute atomic E-state index is 10.4. The van der Waals surface area contributed by atoms with Crippen LogP contribution in [-0.4, -0.2) is 24.4 Å². The third-order valence-corrected chi connectivity index (χ3v) is 4.06. The van der Waals surface area contributed by atoms with Crippen LogP contribution in [0.15, 0.2) is 22.7 Å². The minimum absolute atomic E-state index is 0.116. The molecule has 3 unspecified atom stereocenters. The number of hydrogen-bond acceptors (Lipinski definition) is 3. The second-order valence-electron chi connectivity index (χ2n) is 4.60. The van der Waals surface area contributed by atoms with Gasteiger partial charge in [-0.15, -0.1) is 0 Å². The zero-order valence-corrected chi connectivity index (χ0v) is 12.3. The molecule has 1 aliphatic rings. The molecule has 0 saturated carbocycles. The summed E-state index contributed by atoms with van der Waals surface area (Å²) < 4.78 is 11.9. The average molecular weight is 315 g/mol. The van der Waals surface area contributed by atoms with Gasteiger partial charge in [0.1, 0.15) is 5.75 Å². The standard InChI is InChI=1S/C14H19BrO3/c1-3-17-13-5-4-10(8-12(13)15)14(16)11-6-7-18-9(11)2/h4-5,8-9,11,14,16H,3,6-7H2,1-2H3. The Bertz CT molecular complexity index is 408. The molecule has 1 heterocycles. The molecule has 1 fully saturated rings. The maximum atomic E-state index is 10.4. The van der Waals surface area contributed by atoms with Crippen LogP contribution in [0.3, 0.4) is 0 Å². The van der Waals surface area contributed by atoms with Crippen LogP contribution in [0.4, 0.5) is 0 Å². The van der Waals surface area contributed by atoms with Crippen molar-refractivity contribution in [1.82, 2.24) is 0 Å². The van der Waals surface area contributed by atoms with Crippen molar-refractivity contribution in [2.45, 2.75) is 32.5 Å². The molecular weight excluding hydrogens is 296 g/mol. The normalized spacial score (nSPS) is 25.1. The van der Waals surface area contributed by atoms with E-state index in [1.54, 1.807) is 0 Å².